The Hall–Kier alpha value is -2.83. The van der Waals surface area contributed by atoms with Gasteiger partial charge in [0.25, 0.3) is 5.91 Å². The lowest BCUT2D eigenvalue weighted by Crippen LogP contribution is -2.43. The quantitative estimate of drug-likeness (QED) is 0.801. The molecule has 156 valence electrons. The Balaban J connectivity index is 1.49. The summed E-state index contributed by atoms with van der Waals surface area (Å²) in [6.45, 7) is 9.10. The molecule has 0 spiro atoms. The minimum atomic E-state index is -0.138. The summed E-state index contributed by atoms with van der Waals surface area (Å²) < 4.78 is 10.8. The maximum Gasteiger partial charge on any atom is 0.260 e. The number of likely N-dealkylation sites (tertiary alicyclic amines) is 1. The maximum absolute atomic E-state index is 12.6. The Morgan fingerprint density at radius 1 is 1.24 bits per heavy atom. The number of ether oxygens (including phenoxy) is 1. The van der Waals surface area contributed by atoms with Gasteiger partial charge in [0.05, 0.1) is 0 Å². The number of nitrogens with zero attached hydrogens (tertiary/aromatic N) is 2. The van der Waals surface area contributed by atoms with Crippen molar-refractivity contribution in [3.05, 3.63) is 41.2 Å². The van der Waals surface area contributed by atoms with Gasteiger partial charge in [0, 0.05) is 25.1 Å². The zero-order chi connectivity index (χ0) is 21.0. The molecule has 1 aromatic heterocycles. The van der Waals surface area contributed by atoms with Crippen LogP contribution in [0.5, 0.6) is 5.75 Å². The third-order valence-electron chi connectivity index (χ3n) is 5.24. The van der Waals surface area contributed by atoms with E-state index in [1.165, 1.54) is 0 Å². The van der Waals surface area contributed by atoms with E-state index in [4.69, 9.17) is 9.26 Å². The molecule has 0 atom stereocenters. The van der Waals surface area contributed by atoms with E-state index in [0.717, 1.165) is 16.9 Å². The van der Waals surface area contributed by atoms with Crippen LogP contribution in [0, 0.1) is 19.8 Å². The van der Waals surface area contributed by atoms with Crippen molar-refractivity contribution >= 4 is 17.6 Å². The molecule has 29 heavy (non-hydrogen) atoms. The Labute approximate surface area is 171 Å². The van der Waals surface area contributed by atoms with Gasteiger partial charge in [0.1, 0.15) is 11.5 Å². The molecular weight excluding hydrogens is 370 g/mol. The fourth-order valence-corrected chi connectivity index (χ4v) is 3.52. The van der Waals surface area contributed by atoms with Crippen molar-refractivity contribution in [2.24, 2.45) is 5.92 Å². The molecule has 0 saturated carbocycles. The second-order valence-corrected chi connectivity index (χ2v) is 7.95. The molecule has 3 rings (SSSR count). The Bertz CT molecular complexity index is 867. The number of carbonyl (C=O) groups is 2. The summed E-state index contributed by atoms with van der Waals surface area (Å²) in [5, 5.41) is 6.56. The van der Waals surface area contributed by atoms with Crippen molar-refractivity contribution in [2.45, 2.75) is 46.5 Å². The zero-order valence-corrected chi connectivity index (χ0v) is 17.5. The van der Waals surface area contributed by atoms with E-state index in [0.29, 0.717) is 43.4 Å². The molecule has 1 fully saturated rings. The maximum atomic E-state index is 12.6. The number of hydrogen-bond acceptors (Lipinski definition) is 5. The number of anilines is 1. The van der Waals surface area contributed by atoms with Gasteiger partial charge in [0.2, 0.25) is 5.91 Å². The van der Waals surface area contributed by atoms with Crippen LogP contribution in [0.3, 0.4) is 0 Å². The van der Waals surface area contributed by atoms with Crippen LogP contribution in [0.1, 0.15) is 49.5 Å². The van der Waals surface area contributed by atoms with Crippen molar-refractivity contribution in [3.63, 3.8) is 0 Å². The molecule has 2 amide bonds. The van der Waals surface area contributed by atoms with E-state index < -0.39 is 0 Å². The van der Waals surface area contributed by atoms with Gasteiger partial charge in [-0.25, -0.2) is 0 Å². The molecule has 7 nitrogen and oxygen atoms in total. The van der Waals surface area contributed by atoms with E-state index >= 15 is 0 Å². The van der Waals surface area contributed by atoms with Gasteiger partial charge in [0.15, 0.2) is 12.4 Å². The molecule has 1 aliphatic heterocycles. The number of nitrogens with one attached hydrogen (secondary N) is 1. The van der Waals surface area contributed by atoms with Crippen molar-refractivity contribution in [3.8, 4) is 5.75 Å². The fourth-order valence-electron chi connectivity index (χ4n) is 3.52. The van der Waals surface area contributed by atoms with E-state index in [2.05, 4.69) is 36.5 Å². The van der Waals surface area contributed by atoms with Crippen molar-refractivity contribution in [1.29, 1.82) is 0 Å². The minimum absolute atomic E-state index is 0.0122. The highest BCUT2D eigenvalue weighted by atomic mass is 16.5. The van der Waals surface area contributed by atoms with Crippen LogP contribution in [0.15, 0.2) is 28.8 Å². The fraction of sp³-hybridized carbons (Fsp3) is 0.500. The molecule has 0 radical (unpaired) electrons. The topological polar surface area (TPSA) is 84.7 Å². The number of hydrogen-bond donors (Lipinski definition) is 1. The van der Waals surface area contributed by atoms with Crippen LogP contribution in [0.25, 0.3) is 0 Å². The van der Waals surface area contributed by atoms with Gasteiger partial charge in [-0.2, -0.15) is 0 Å². The van der Waals surface area contributed by atoms with Crippen LogP contribution >= 0.6 is 0 Å². The van der Waals surface area contributed by atoms with Crippen LogP contribution in [-0.2, 0) is 9.59 Å². The van der Waals surface area contributed by atoms with Crippen LogP contribution in [0.4, 0.5) is 5.82 Å². The SMILES string of the molecule is Cc1ccc(C(C)C)c(OCC(=O)N2CCC(C(=O)Nc3cc(C)on3)CC2)c1. The highest BCUT2D eigenvalue weighted by Crippen LogP contribution is 2.27. The number of amides is 2. The van der Waals surface area contributed by atoms with E-state index in [-0.39, 0.29) is 24.3 Å². The number of piperidine rings is 1. The second kappa shape index (κ2) is 9.11. The summed E-state index contributed by atoms with van der Waals surface area (Å²) in [6, 6.07) is 7.77. The second-order valence-electron chi connectivity index (χ2n) is 7.95. The average molecular weight is 399 g/mol. The highest BCUT2D eigenvalue weighted by molar-refractivity contribution is 5.91. The molecule has 2 aromatic rings. The van der Waals surface area contributed by atoms with Gasteiger partial charge in [-0.05, 0) is 49.8 Å². The first-order valence-electron chi connectivity index (χ1n) is 10.1. The van der Waals surface area contributed by atoms with E-state index in [1.807, 2.05) is 13.0 Å². The first-order valence-corrected chi connectivity index (χ1v) is 10.1. The number of carbonyl (C=O) groups excluding carboxylic acids is 2. The van der Waals surface area contributed by atoms with Crippen molar-refractivity contribution in [1.82, 2.24) is 10.1 Å². The summed E-state index contributed by atoms with van der Waals surface area (Å²) in [6.07, 6.45) is 1.24. The standard InChI is InChI=1S/C22H29N3O4/c1-14(2)18-6-5-15(3)11-19(18)28-13-21(26)25-9-7-17(8-10-25)22(27)23-20-12-16(4)29-24-20/h5-6,11-12,14,17H,7-10,13H2,1-4H3,(H,23,24,27). The minimum Gasteiger partial charge on any atom is -0.483 e. The monoisotopic (exact) mass is 399 g/mol. The normalized spacial score (nSPS) is 14.9. The average Bonchev–Trinajstić information content (AvgIpc) is 3.10. The van der Waals surface area contributed by atoms with Gasteiger partial charge in [-0.15, -0.1) is 0 Å². The van der Waals surface area contributed by atoms with Crippen molar-refractivity contribution < 1.29 is 18.8 Å². The largest absolute Gasteiger partial charge is 0.483 e. The molecule has 0 unspecified atom stereocenters. The molecule has 0 bridgehead atoms. The Morgan fingerprint density at radius 3 is 2.59 bits per heavy atom. The predicted molar refractivity (Wildman–Crippen MR) is 110 cm³/mol. The Kier molecular flexibility index (Phi) is 6.56. The summed E-state index contributed by atoms with van der Waals surface area (Å²) >= 11 is 0. The van der Waals surface area contributed by atoms with Gasteiger partial charge in [-0.1, -0.05) is 31.1 Å². The predicted octanol–water partition coefficient (Wildman–Crippen LogP) is 3.67. The number of aryl methyl sites for hydroxylation is 2. The molecule has 1 aliphatic rings. The Morgan fingerprint density at radius 2 is 1.97 bits per heavy atom. The molecular formula is C22H29N3O4. The van der Waals surface area contributed by atoms with Crippen molar-refractivity contribution in [2.75, 3.05) is 25.0 Å². The summed E-state index contributed by atoms with van der Waals surface area (Å²) in [7, 11) is 0. The van der Waals surface area contributed by atoms with Gasteiger partial charge < -0.3 is 19.5 Å². The molecule has 7 heteroatoms. The molecule has 1 saturated heterocycles. The summed E-state index contributed by atoms with van der Waals surface area (Å²) in [5.74, 6) is 1.90. The van der Waals surface area contributed by atoms with E-state index in [9.17, 15) is 9.59 Å². The molecule has 1 aromatic carbocycles. The number of rotatable bonds is 6. The first kappa shape index (κ1) is 20.9. The highest BCUT2D eigenvalue weighted by Gasteiger charge is 2.28. The summed E-state index contributed by atoms with van der Waals surface area (Å²) in [4.78, 5) is 26.7. The van der Waals surface area contributed by atoms with Crippen LogP contribution in [0.2, 0.25) is 0 Å². The first-order chi connectivity index (χ1) is 13.8. The lowest BCUT2D eigenvalue weighted by Gasteiger charge is -2.31. The van der Waals surface area contributed by atoms with Crippen LogP contribution in [-0.4, -0.2) is 41.6 Å². The zero-order valence-electron chi connectivity index (χ0n) is 17.5. The van der Waals surface area contributed by atoms with Crippen LogP contribution < -0.4 is 10.1 Å². The molecule has 0 aliphatic carbocycles. The smallest absolute Gasteiger partial charge is 0.260 e. The molecule has 2 heterocycles. The van der Waals surface area contributed by atoms with Gasteiger partial charge >= 0.3 is 0 Å². The lowest BCUT2D eigenvalue weighted by molar-refractivity contribution is -0.136. The third kappa shape index (κ3) is 5.37. The third-order valence-corrected chi connectivity index (χ3v) is 5.24. The molecule has 1 N–H and O–H groups in total. The van der Waals surface area contributed by atoms with E-state index in [1.54, 1.807) is 17.9 Å². The lowest BCUT2D eigenvalue weighted by atomic mass is 9.96. The number of aromatic nitrogens is 1. The number of benzene rings is 1. The summed E-state index contributed by atoms with van der Waals surface area (Å²) in [5.41, 5.74) is 2.20. The van der Waals surface area contributed by atoms with Gasteiger partial charge in [-0.3, -0.25) is 9.59 Å².